The quantitative estimate of drug-likeness (QED) is 0.335. The number of esters is 1. The molecule has 0 N–H and O–H groups in total. The first-order valence-corrected chi connectivity index (χ1v) is 6.68. The van der Waals surface area contributed by atoms with Gasteiger partial charge in [-0.3, -0.25) is 4.79 Å². The van der Waals surface area contributed by atoms with E-state index in [1.165, 1.54) is 13.8 Å². The van der Waals surface area contributed by atoms with Crippen molar-refractivity contribution in [1.82, 2.24) is 0 Å². The lowest BCUT2D eigenvalue weighted by Crippen LogP contribution is -2.15. The number of rotatable bonds is 4. The molecular weight excluding hydrogens is 345 g/mol. The van der Waals surface area contributed by atoms with Crippen molar-refractivity contribution in [3.63, 3.8) is 0 Å². The molecule has 1 aromatic rings. The van der Waals surface area contributed by atoms with Crippen LogP contribution in [-0.2, 0) is 9.53 Å². The van der Waals surface area contributed by atoms with Gasteiger partial charge in [0.2, 0.25) is 0 Å². The van der Waals surface area contributed by atoms with Gasteiger partial charge in [0.15, 0.2) is 23.3 Å². The molecule has 0 aromatic heterocycles. The number of hydrogen-bond acceptors (Lipinski definition) is 2. The highest BCUT2D eigenvalue weighted by Crippen LogP contribution is 2.60. The molecule has 1 aliphatic rings. The minimum Gasteiger partial charge on any atom is -0.426 e. The van der Waals surface area contributed by atoms with E-state index < -0.39 is 64.5 Å². The number of ether oxygens (including phenoxy) is 1. The predicted octanol–water partition coefficient (Wildman–Crippen LogP) is 4.81. The van der Waals surface area contributed by atoms with Crippen molar-refractivity contribution in [3.8, 4) is 0 Å². The van der Waals surface area contributed by atoms with Crippen LogP contribution in [0.4, 0.5) is 30.7 Å². The van der Waals surface area contributed by atoms with Crippen molar-refractivity contribution in [2.45, 2.75) is 20.2 Å². The van der Waals surface area contributed by atoms with E-state index in [4.69, 9.17) is 0 Å². The Morgan fingerprint density at radius 2 is 1.75 bits per heavy atom. The summed E-state index contributed by atoms with van der Waals surface area (Å²) in [4.78, 5) is 11.8. The van der Waals surface area contributed by atoms with Gasteiger partial charge in [0.1, 0.15) is 0 Å². The molecule has 1 fully saturated rings. The van der Waals surface area contributed by atoms with Gasteiger partial charge in [0.05, 0.1) is 11.5 Å². The summed E-state index contributed by atoms with van der Waals surface area (Å²) in [5, 5.41) is 0. The fraction of sp³-hybridized carbons (Fsp3) is 0.400. The van der Waals surface area contributed by atoms with E-state index in [1.807, 2.05) is 0 Å². The number of benzene rings is 1. The Morgan fingerprint density at radius 3 is 2.29 bits per heavy atom. The maximum atomic E-state index is 13.9. The van der Waals surface area contributed by atoms with Gasteiger partial charge in [-0.2, -0.15) is 13.2 Å². The predicted molar refractivity (Wildman–Crippen MR) is 67.3 cm³/mol. The van der Waals surface area contributed by atoms with Crippen molar-refractivity contribution >= 4 is 5.97 Å². The van der Waals surface area contributed by atoms with Crippen molar-refractivity contribution in [3.05, 3.63) is 47.1 Å². The third kappa shape index (κ3) is 3.11. The van der Waals surface area contributed by atoms with Crippen LogP contribution >= 0.6 is 0 Å². The van der Waals surface area contributed by atoms with Gasteiger partial charge in [-0.25, -0.2) is 17.6 Å². The number of halogens is 7. The van der Waals surface area contributed by atoms with Gasteiger partial charge in [-0.1, -0.05) is 13.8 Å². The van der Waals surface area contributed by atoms with Gasteiger partial charge < -0.3 is 4.74 Å². The van der Waals surface area contributed by atoms with Crippen LogP contribution in [0.5, 0.6) is 0 Å². The first-order valence-electron chi connectivity index (χ1n) is 6.68. The molecule has 1 aliphatic carbocycles. The van der Waals surface area contributed by atoms with Gasteiger partial charge in [0.25, 0.3) is 12.4 Å². The van der Waals surface area contributed by atoms with E-state index in [2.05, 4.69) is 4.74 Å². The molecule has 24 heavy (non-hydrogen) atoms. The van der Waals surface area contributed by atoms with Crippen LogP contribution in [-0.4, -0.2) is 5.97 Å². The van der Waals surface area contributed by atoms with E-state index in [0.29, 0.717) is 6.08 Å². The van der Waals surface area contributed by atoms with Crippen molar-refractivity contribution in [2.24, 2.45) is 17.3 Å². The zero-order chi connectivity index (χ0) is 18.4. The number of allylic oxidation sites excluding steroid dienone is 1. The molecule has 0 heterocycles. The average Bonchev–Trinajstić information content (AvgIpc) is 3.00. The molecule has 1 saturated carbocycles. The molecule has 0 radical (unpaired) electrons. The Morgan fingerprint density at radius 1 is 1.17 bits per heavy atom. The van der Waals surface area contributed by atoms with Crippen molar-refractivity contribution in [2.75, 3.05) is 0 Å². The molecule has 3 atom stereocenters. The lowest BCUT2D eigenvalue weighted by Gasteiger charge is -2.12. The Balaban J connectivity index is 2.18. The fourth-order valence-corrected chi connectivity index (χ4v) is 2.57. The largest absolute Gasteiger partial charge is 0.426 e. The number of carbonyl (C=O) groups excluding carboxylic acids is 1. The molecule has 0 bridgehead atoms. The zero-order valence-electron chi connectivity index (χ0n) is 12.3. The smallest absolute Gasteiger partial charge is 0.312 e. The van der Waals surface area contributed by atoms with Crippen LogP contribution in [0.2, 0.25) is 0 Å². The first-order chi connectivity index (χ1) is 11.0. The highest BCUT2D eigenvalue weighted by atomic mass is 19.3. The third-order valence-electron chi connectivity index (χ3n) is 4.07. The Bertz CT molecular complexity index is 710. The Hall–Kier alpha value is -2.06. The van der Waals surface area contributed by atoms with Crippen LogP contribution in [0.1, 0.15) is 25.8 Å². The number of alkyl halides is 1. The molecule has 0 saturated heterocycles. The molecule has 2 rings (SSSR count). The second-order valence-corrected chi connectivity index (χ2v) is 5.92. The van der Waals surface area contributed by atoms with Crippen molar-refractivity contribution in [1.29, 1.82) is 0 Å². The van der Waals surface area contributed by atoms with Gasteiger partial charge in [-0.05, 0) is 17.6 Å². The van der Waals surface area contributed by atoms with E-state index in [-0.39, 0.29) is 6.07 Å². The van der Waals surface area contributed by atoms with Crippen molar-refractivity contribution < 1.29 is 40.3 Å². The van der Waals surface area contributed by atoms with E-state index >= 15 is 0 Å². The van der Waals surface area contributed by atoms with E-state index in [0.717, 1.165) is 0 Å². The lowest BCUT2D eigenvalue weighted by molar-refractivity contribution is -0.161. The molecule has 0 aliphatic heterocycles. The highest BCUT2D eigenvalue weighted by Gasteiger charge is 2.62. The summed E-state index contributed by atoms with van der Waals surface area (Å²) >= 11 is 0. The number of hydrogen-bond donors (Lipinski definition) is 0. The Labute approximate surface area is 131 Å². The minimum absolute atomic E-state index is 0.0162. The molecule has 132 valence electrons. The second kappa shape index (κ2) is 6.10. The average molecular weight is 356 g/mol. The standard InChI is InChI=1S/C15H11F7O2/c1-15(2)6(4-8(17)18)9(15)14(23)24-13(22)5-3-7(16)11(20)12(21)10(5)19/h3-4,6,9,13H,1-2H3. The Kier molecular flexibility index (Phi) is 4.65. The normalized spacial score (nSPS) is 22.7. The third-order valence-corrected chi connectivity index (χ3v) is 4.07. The van der Waals surface area contributed by atoms with Gasteiger partial charge in [0, 0.05) is 5.92 Å². The highest BCUT2D eigenvalue weighted by molar-refractivity contribution is 5.78. The maximum Gasteiger partial charge on any atom is 0.312 e. The SMILES string of the molecule is CC1(C)C(C=C(F)F)C1C(=O)OC(F)c1cc(F)c(F)c(F)c1F. The van der Waals surface area contributed by atoms with Crippen LogP contribution in [0, 0.1) is 40.5 Å². The maximum absolute atomic E-state index is 13.9. The number of carbonyl (C=O) groups is 1. The summed E-state index contributed by atoms with van der Waals surface area (Å²) in [6, 6.07) is 0.0162. The van der Waals surface area contributed by atoms with E-state index in [1.54, 1.807) is 0 Å². The summed E-state index contributed by atoms with van der Waals surface area (Å²) in [6.45, 7) is 2.90. The molecule has 2 nitrogen and oxygen atoms in total. The van der Waals surface area contributed by atoms with Crippen LogP contribution in [0.25, 0.3) is 0 Å². The zero-order valence-corrected chi connectivity index (χ0v) is 12.3. The summed E-state index contributed by atoms with van der Waals surface area (Å²) in [7, 11) is 0. The monoisotopic (exact) mass is 356 g/mol. The second-order valence-electron chi connectivity index (χ2n) is 5.92. The molecule has 9 heteroatoms. The molecule has 0 spiro atoms. The topological polar surface area (TPSA) is 26.3 Å². The first kappa shape index (κ1) is 18.3. The summed E-state index contributed by atoms with van der Waals surface area (Å²) < 4.78 is 95.0. The fourth-order valence-electron chi connectivity index (χ4n) is 2.57. The molecule has 3 unspecified atom stereocenters. The summed E-state index contributed by atoms with van der Waals surface area (Å²) in [5.74, 6) is -11.6. The van der Waals surface area contributed by atoms with Crippen LogP contribution in [0.15, 0.2) is 18.2 Å². The van der Waals surface area contributed by atoms with Gasteiger partial charge >= 0.3 is 5.97 Å². The summed E-state index contributed by atoms with van der Waals surface area (Å²) in [5.41, 5.74) is -2.29. The van der Waals surface area contributed by atoms with Crippen LogP contribution in [0.3, 0.4) is 0 Å². The minimum atomic E-state index is -2.92. The van der Waals surface area contributed by atoms with E-state index in [9.17, 15) is 35.5 Å². The van der Waals surface area contributed by atoms with Gasteiger partial charge in [-0.15, -0.1) is 0 Å². The lowest BCUT2D eigenvalue weighted by atomic mass is 10.1. The molecular formula is C15H11F7O2. The summed E-state index contributed by atoms with van der Waals surface area (Å²) in [6.07, 6.45) is -4.44. The molecule has 0 amide bonds. The van der Waals surface area contributed by atoms with Crippen LogP contribution < -0.4 is 0 Å². The molecule has 1 aromatic carbocycles.